The first-order chi connectivity index (χ1) is 12.2. The number of amides is 1. The number of aromatic nitrogens is 1. The van der Waals surface area contributed by atoms with Crippen molar-refractivity contribution in [2.45, 2.75) is 13.0 Å². The molecule has 0 saturated carbocycles. The van der Waals surface area contributed by atoms with Crippen LogP contribution in [0.25, 0.3) is 17.2 Å². The van der Waals surface area contributed by atoms with Crippen LogP contribution >= 0.6 is 0 Å². The lowest BCUT2D eigenvalue weighted by molar-refractivity contribution is -0.117. The van der Waals surface area contributed by atoms with Crippen LogP contribution in [0.2, 0.25) is 0 Å². The molecule has 25 heavy (non-hydrogen) atoms. The highest BCUT2D eigenvalue weighted by Crippen LogP contribution is 2.22. The summed E-state index contributed by atoms with van der Waals surface area (Å²) in [6.07, 6.45) is 6.98. The van der Waals surface area contributed by atoms with Gasteiger partial charge in [0.25, 0.3) is 0 Å². The molecule has 3 rings (SSSR count). The molecule has 0 aliphatic rings. The maximum atomic E-state index is 12.1. The topological polar surface area (TPSA) is 42.0 Å². The average Bonchev–Trinajstić information content (AvgIpc) is 2.68. The van der Waals surface area contributed by atoms with Crippen LogP contribution in [0.5, 0.6) is 0 Å². The van der Waals surface area contributed by atoms with Gasteiger partial charge < -0.3 is 5.32 Å². The highest BCUT2D eigenvalue weighted by atomic mass is 16.1. The van der Waals surface area contributed by atoms with E-state index in [0.29, 0.717) is 0 Å². The predicted octanol–water partition coefficient (Wildman–Crippen LogP) is 4.64. The van der Waals surface area contributed by atoms with Crippen molar-refractivity contribution in [2.24, 2.45) is 0 Å². The Bertz CT molecular complexity index is 857. The molecule has 0 bridgehead atoms. The third kappa shape index (κ3) is 4.64. The van der Waals surface area contributed by atoms with Crippen LogP contribution in [0.4, 0.5) is 0 Å². The van der Waals surface area contributed by atoms with Gasteiger partial charge >= 0.3 is 0 Å². The number of nitrogens with zero attached hydrogens (tertiary/aromatic N) is 1. The highest BCUT2D eigenvalue weighted by molar-refractivity contribution is 5.92. The van der Waals surface area contributed by atoms with Crippen LogP contribution in [-0.2, 0) is 4.79 Å². The monoisotopic (exact) mass is 328 g/mol. The molecule has 124 valence electrons. The standard InChI is InChI=1S/C22H20N2O/c1-17(24-22(25)13-12-18-7-3-2-4-8-18)19-9-5-10-20(15-19)21-11-6-14-23-16-21/h2-17H,1H3,(H,24,25)/b13-12+. The fraction of sp³-hybridized carbons (Fsp3) is 0.0909. The van der Waals surface area contributed by atoms with Gasteiger partial charge in [-0.05, 0) is 47.4 Å². The molecule has 1 heterocycles. The van der Waals surface area contributed by atoms with Gasteiger partial charge in [-0.25, -0.2) is 0 Å². The maximum absolute atomic E-state index is 12.1. The van der Waals surface area contributed by atoms with E-state index in [9.17, 15) is 4.79 Å². The van der Waals surface area contributed by atoms with Gasteiger partial charge in [0, 0.05) is 18.5 Å². The van der Waals surface area contributed by atoms with Gasteiger partial charge in [0.1, 0.15) is 0 Å². The van der Waals surface area contributed by atoms with Crippen molar-refractivity contribution in [1.29, 1.82) is 0 Å². The van der Waals surface area contributed by atoms with Crippen LogP contribution in [0, 0.1) is 0 Å². The molecular weight excluding hydrogens is 308 g/mol. The van der Waals surface area contributed by atoms with E-state index in [0.717, 1.165) is 22.3 Å². The van der Waals surface area contributed by atoms with E-state index in [1.165, 1.54) is 0 Å². The summed E-state index contributed by atoms with van der Waals surface area (Å²) in [6, 6.07) is 21.8. The van der Waals surface area contributed by atoms with Crippen LogP contribution < -0.4 is 5.32 Å². The smallest absolute Gasteiger partial charge is 0.244 e. The van der Waals surface area contributed by atoms with Gasteiger partial charge in [-0.3, -0.25) is 9.78 Å². The molecule has 1 amide bonds. The fourth-order valence-corrected chi connectivity index (χ4v) is 2.60. The number of rotatable bonds is 5. The Balaban J connectivity index is 1.68. The quantitative estimate of drug-likeness (QED) is 0.693. The van der Waals surface area contributed by atoms with Crippen molar-refractivity contribution < 1.29 is 4.79 Å². The van der Waals surface area contributed by atoms with Gasteiger partial charge in [-0.15, -0.1) is 0 Å². The second kappa shape index (κ2) is 8.06. The van der Waals surface area contributed by atoms with E-state index in [1.54, 1.807) is 12.3 Å². The van der Waals surface area contributed by atoms with E-state index in [2.05, 4.69) is 16.4 Å². The van der Waals surface area contributed by atoms with Crippen LogP contribution in [0.1, 0.15) is 24.1 Å². The molecule has 0 fully saturated rings. The molecule has 0 aliphatic heterocycles. The third-order valence-corrected chi connectivity index (χ3v) is 3.97. The Morgan fingerprint density at radius 1 is 1.00 bits per heavy atom. The predicted molar refractivity (Wildman–Crippen MR) is 102 cm³/mol. The Morgan fingerprint density at radius 2 is 1.80 bits per heavy atom. The molecular formula is C22H20N2O. The normalized spacial score (nSPS) is 12.0. The van der Waals surface area contributed by atoms with Gasteiger partial charge in [-0.1, -0.05) is 54.6 Å². The molecule has 0 radical (unpaired) electrons. The molecule has 0 spiro atoms. The van der Waals surface area contributed by atoms with Crippen LogP contribution in [0.3, 0.4) is 0 Å². The van der Waals surface area contributed by atoms with E-state index in [-0.39, 0.29) is 11.9 Å². The van der Waals surface area contributed by atoms with Gasteiger partial charge in [-0.2, -0.15) is 0 Å². The van der Waals surface area contributed by atoms with Crippen molar-refractivity contribution in [3.8, 4) is 11.1 Å². The summed E-state index contributed by atoms with van der Waals surface area (Å²) in [5, 5.41) is 3.00. The first-order valence-electron chi connectivity index (χ1n) is 8.26. The first kappa shape index (κ1) is 16.7. The number of hydrogen-bond donors (Lipinski definition) is 1. The van der Waals surface area contributed by atoms with Crippen molar-refractivity contribution in [1.82, 2.24) is 10.3 Å². The summed E-state index contributed by atoms with van der Waals surface area (Å²) in [7, 11) is 0. The lowest BCUT2D eigenvalue weighted by Crippen LogP contribution is -2.24. The Kier molecular flexibility index (Phi) is 5.37. The summed E-state index contributed by atoms with van der Waals surface area (Å²) in [6.45, 7) is 1.98. The molecule has 2 aromatic carbocycles. The molecule has 1 N–H and O–H groups in total. The summed E-state index contributed by atoms with van der Waals surface area (Å²) >= 11 is 0. The second-order valence-electron chi connectivity index (χ2n) is 5.84. The number of carbonyl (C=O) groups is 1. The molecule has 0 saturated heterocycles. The summed E-state index contributed by atoms with van der Waals surface area (Å²) in [5.74, 6) is -0.108. The zero-order chi connectivity index (χ0) is 17.5. The number of benzene rings is 2. The zero-order valence-corrected chi connectivity index (χ0v) is 14.1. The van der Waals surface area contributed by atoms with Crippen LogP contribution in [-0.4, -0.2) is 10.9 Å². The number of pyridine rings is 1. The minimum atomic E-state index is -0.108. The Labute approximate surface area is 148 Å². The van der Waals surface area contributed by atoms with E-state index < -0.39 is 0 Å². The van der Waals surface area contributed by atoms with Crippen molar-refractivity contribution in [3.05, 3.63) is 96.3 Å². The summed E-state index contributed by atoms with van der Waals surface area (Å²) in [5.41, 5.74) is 4.21. The molecule has 3 heteroatoms. The number of carbonyl (C=O) groups excluding carboxylic acids is 1. The minimum Gasteiger partial charge on any atom is -0.346 e. The Hall–Kier alpha value is -3.20. The fourth-order valence-electron chi connectivity index (χ4n) is 2.60. The molecule has 1 aromatic heterocycles. The highest BCUT2D eigenvalue weighted by Gasteiger charge is 2.08. The number of hydrogen-bond acceptors (Lipinski definition) is 2. The van der Waals surface area contributed by atoms with Crippen molar-refractivity contribution in [2.75, 3.05) is 0 Å². The van der Waals surface area contributed by atoms with E-state index >= 15 is 0 Å². The number of nitrogens with one attached hydrogen (secondary N) is 1. The summed E-state index contributed by atoms with van der Waals surface area (Å²) < 4.78 is 0. The SMILES string of the molecule is CC(NC(=O)/C=C/c1ccccc1)c1cccc(-c2cccnc2)c1. The molecule has 0 aliphatic carbocycles. The average molecular weight is 328 g/mol. The van der Waals surface area contributed by atoms with Gasteiger partial charge in [0.05, 0.1) is 6.04 Å². The van der Waals surface area contributed by atoms with Crippen molar-refractivity contribution >= 4 is 12.0 Å². The first-order valence-corrected chi connectivity index (χ1v) is 8.26. The lowest BCUT2D eigenvalue weighted by Gasteiger charge is -2.14. The van der Waals surface area contributed by atoms with Gasteiger partial charge in [0.15, 0.2) is 0 Å². The van der Waals surface area contributed by atoms with Gasteiger partial charge in [0.2, 0.25) is 5.91 Å². The lowest BCUT2D eigenvalue weighted by atomic mass is 10.0. The molecule has 3 aromatic rings. The van der Waals surface area contributed by atoms with E-state index in [4.69, 9.17) is 0 Å². The molecule has 3 nitrogen and oxygen atoms in total. The second-order valence-corrected chi connectivity index (χ2v) is 5.84. The minimum absolute atomic E-state index is 0.0791. The molecule has 1 atom stereocenters. The Morgan fingerprint density at radius 3 is 2.56 bits per heavy atom. The molecule has 1 unspecified atom stereocenters. The largest absolute Gasteiger partial charge is 0.346 e. The van der Waals surface area contributed by atoms with Crippen LogP contribution in [0.15, 0.2) is 85.2 Å². The van der Waals surface area contributed by atoms with E-state index in [1.807, 2.05) is 79.9 Å². The zero-order valence-electron chi connectivity index (χ0n) is 14.1. The summed E-state index contributed by atoms with van der Waals surface area (Å²) in [4.78, 5) is 16.3. The van der Waals surface area contributed by atoms with Crippen molar-refractivity contribution in [3.63, 3.8) is 0 Å². The third-order valence-electron chi connectivity index (χ3n) is 3.97. The maximum Gasteiger partial charge on any atom is 0.244 e.